The van der Waals surface area contributed by atoms with Crippen LogP contribution in [-0.2, 0) is 4.79 Å². The van der Waals surface area contributed by atoms with Gasteiger partial charge < -0.3 is 10.1 Å². The van der Waals surface area contributed by atoms with Gasteiger partial charge in [-0.3, -0.25) is 4.79 Å². The number of amides is 1. The first-order valence-electron chi connectivity index (χ1n) is 6.51. The van der Waals surface area contributed by atoms with Crippen LogP contribution < -0.4 is 10.1 Å². The van der Waals surface area contributed by atoms with E-state index >= 15 is 0 Å². The molecule has 1 N–H and O–H groups in total. The largest absolute Gasteiger partial charge is 0.457 e. The van der Waals surface area contributed by atoms with E-state index in [2.05, 4.69) is 11.9 Å². The number of anilines is 1. The topological polar surface area (TPSA) is 38.3 Å². The van der Waals surface area contributed by atoms with Crippen molar-refractivity contribution in [3.8, 4) is 11.5 Å². The second-order valence-corrected chi connectivity index (χ2v) is 4.32. The Morgan fingerprint density at radius 2 is 1.85 bits per heavy atom. The molecule has 0 spiro atoms. The van der Waals surface area contributed by atoms with Crippen LogP contribution in [-0.4, -0.2) is 5.91 Å². The third-order valence-corrected chi connectivity index (χ3v) is 2.67. The summed E-state index contributed by atoms with van der Waals surface area (Å²) in [5.74, 6) is 1.43. The van der Waals surface area contributed by atoms with E-state index in [1.54, 1.807) is 12.1 Å². The highest BCUT2D eigenvalue weighted by molar-refractivity contribution is 5.90. The maximum atomic E-state index is 11.6. The lowest BCUT2D eigenvalue weighted by atomic mass is 10.2. The van der Waals surface area contributed by atoms with Crippen molar-refractivity contribution in [2.75, 3.05) is 5.32 Å². The minimum Gasteiger partial charge on any atom is -0.457 e. The molecule has 0 unspecified atom stereocenters. The summed E-state index contributed by atoms with van der Waals surface area (Å²) < 4.78 is 5.71. The van der Waals surface area contributed by atoms with Crippen LogP contribution in [0, 0.1) is 0 Å². The Morgan fingerprint density at radius 1 is 1.10 bits per heavy atom. The molecule has 3 heteroatoms. The van der Waals surface area contributed by atoms with Crippen molar-refractivity contribution in [3.63, 3.8) is 0 Å². The first kappa shape index (κ1) is 13.9. The highest BCUT2D eigenvalue weighted by Gasteiger charge is 2.03. The van der Waals surface area contributed by atoms with Gasteiger partial charge in [0.2, 0.25) is 5.91 Å². The summed E-state index contributed by atoms with van der Waals surface area (Å²) in [5.41, 5.74) is 0.729. The quantitative estimate of drug-likeness (QED) is 0.788. The lowest BCUT2D eigenvalue weighted by Crippen LogP contribution is -2.10. The van der Waals surface area contributed by atoms with Crippen molar-refractivity contribution in [1.82, 2.24) is 0 Å². The lowest BCUT2D eigenvalue weighted by molar-refractivity contribution is -0.116. The monoisotopic (exact) mass is 267 g/mol. The van der Waals surface area contributed by atoms with Crippen molar-refractivity contribution < 1.29 is 9.53 Å². The van der Waals surface area contributed by atoms with Crippen LogP contribution in [0.4, 0.5) is 5.69 Å². The van der Waals surface area contributed by atoms with Crippen LogP contribution in [0.5, 0.6) is 11.5 Å². The number of rotatable bonds is 6. The maximum absolute atomic E-state index is 11.6. The van der Waals surface area contributed by atoms with Gasteiger partial charge in [-0.15, -0.1) is 6.58 Å². The van der Waals surface area contributed by atoms with Gasteiger partial charge in [0.15, 0.2) is 0 Å². The molecule has 0 radical (unpaired) electrons. The molecule has 0 aliphatic carbocycles. The highest BCUT2D eigenvalue weighted by Crippen LogP contribution is 2.23. The molecular formula is C17H17NO2. The fourth-order valence-electron chi connectivity index (χ4n) is 1.72. The second kappa shape index (κ2) is 7.14. The maximum Gasteiger partial charge on any atom is 0.224 e. The van der Waals surface area contributed by atoms with Crippen molar-refractivity contribution in [3.05, 3.63) is 67.3 Å². The Balaban J connectivity index is 2.01. The molecular weight excluding hydrogens is 250 g/mol. The molecule has 0 heterocycles. The summed E-state index contributed by atoms with van der Waals surface area (Å²) in [6, 6.07) is 16.9. The molecule has 3 nitrogen and oxygen atoms in total. The SMILES string of the molecule is C=CCCC(=O)Nc1cccc(Oc2ccccc2)c1. The third kappa shape index (κ3) is 4.28. The minimum atomic E-state index is -0.0261. The van der Waals surface area contributed by atoms with Crippen LogP contribution >= 0.6 is 0 Å². The summed E-state index contributed by atoms with van der Waals surface area (Å²) in [5, 5.41) is 2.84. The molecule has 0 aliphatic heterocycles. The zero-order chi connectivity index (χ0) is 14.2. The lowest BCUT2D eigenvalue weighted by Gasteiger charge is -2.08. The van der Waals surface area contributed by atoms with Crippen molar-refractivity contribution in [2.24, 2.45) is 0 Å². The van der Waals surface area contributed by atoms with Gasteiger partial charge in [0, 0.05) is 18.2 Å². The standard InChI is InChI=1S/C17H17NO2/c1-2-3-12-17(19)18-14-8-7-11-16(13-14)20-15-9-5-4-6-10-15/h2,4-11,13H,1,3,12H2,(H,18,19). The number of benzene rings is 2. The molecule has 0 saturated carbocycles. The number of carbonyl (C=O) groups is 1. The summed E-state index contributed by atoms with van der Waals surface area (Å²) in [4.78, 5) is 11.6. The smallest absolute Gasteiger partial charge is 0.224 e. The fourth-order valence-corrected chi connectivity index (χ4v) is 1.72. The molecule has 1 amide bonds. The number of carbonyl (C=O) groups excluding carboxylic acids is 1. The average Bonchev–Trinajstić information content (AvgIpc) is 2.46. The van der Waals surface area contributed by atoms with Crippen molar-refractivity contribution >= 4 is 11.6 Å². The molecule has 102 valence electrons. The van der Waals surface area contributed by atoms with Crippen molar-refractivity contribution in [1.29, 1.82) is 0 Å². The van der Waals surface area contributed by atoms with Gasteiger partial charge in [-0.05, 0) is 30.7 Å². The Hall–Kier alpha value is -2.55. The number of hydrogen-bond donors (Lipinski definition) is 1. The zero-order valence-electron chi connectivity index (χ0n) is 11.2. The Labute approximate surface area is 118 Å². The molecule has 2 aromatic carbocycles. The van der Waals surface area contributed by atoms with Crippen molar-refractivity contribution in [2.45, 2.75) is 12.8 Å². The number of ether oxygens (including phenoxy) is 1. The van der Waals surface area contributed by atoms with E-state index in [9.17, 15) is 4.79 Å². The Kier molecular flexibility index (Phi) is 4.95. The molecule has 0 bridgehead atoms. The van der Waals surface area contributed by atoms with Crippen LogP contribution in [0.1, 0.15) is 12.8 Å². The first-order chi connectivity index (χ1) is 9.78. The van der Waals surface area contributed by atoms with Gasteiger partial charge in [-0.25, -0.2) is 0 Å². The molecule has 0 aliphatic rings. The minimum absolute atomic E-state index is 0.0261. The summed E-state index contributed by atoms with van der Waals surface area (Å²) in [6.07, 6.45) is 2.84. The van der Waals surface area contributed by atoms with Gasteiger partial charge in [-0.1, -0.05) is 30.3 Å². The summed E-state index contributed by atoms with van der Waals surface area (Å²) >= 11 is 0. The summed E-state index contributed by atoms with van der Waals surface area (Å²) in [7, 11) is 0. The van der Waals surface area contributed by atoms with E-state index in [-0.39, 0.29) is 5.91 Å². The molecule has 2 rings (SSSR count). The van der Waals surface area contributed by atoms with Crippen LogP contribution in [0.25, 0.3) is 0 Å². The van der Waals surface area contributed by atoms with Gasteiger partial charge >= 0.3 is 0 Å². The third-order valence-electron chi connectivity index (χ3n) is 2.67. The van der Waals surface area contributed by atoms with E-state index in [0.717, 1.165) is 11.4 Å². The number of para-hydroxylation sites is 1. The molecule has 0 saturated heterocycles. The molecule has 20 heavy (non-hydrogen) atoms. The van der Waals surface area contributed by atoms with Crippen LogP contribution in [0.2, 0.25) is 0 Å². The Morgan fingerprint density at radius 3 is 2.60 bits per heavy atom. The summed E-state index contributed by atoms with van der Waals surface area (Å²) in [6.45, 7) is 3.60. The molecule has 2 aromatic rings. The van der Waals surface area contributed by atoms with Gasteiger partial charge in [0.1, 0.15) is 11.5 Å². The molecule has 0 aromatic heterocycles. The number of nitrogens with one attached hydrogen (secondary N) is 1. The van der Waals surface area contributed by atoms with E-state index in [1.807, 2.05) is 48.5 Å². The normalized spacial score (nSPS) is 9.80. The van der Waals surface area contributed by atoms with Crippen LogP contribution in [0.15, 0.2) is 67.3 Å². The molecule has 0 fully saturated rings. The number of hydrogen-bond acceptors (Lipinski definition) is 2. The molecule has 0 atom stereocenters. The Bertz CT molecular complexity index is 579. The zero-order valence-corrected chi connectivity index (χ0v) is 11.2. The van der Waals surface area contributed by atoms with E-state index < -0.39 is 0 Å². The highest BCUT2D eigenvalue weighted by atomic mass is 16.5. The van der Waals surface area contributed by atoms with Gasteiger partial charge in [0.05, 0.1) is 0 Å². The van der Waals surface area contributed by atoms with E-state index in [0.29, 0.717) is 18.6 Å². The fraction of sp³-hybridized carbons (Fsp3) is 0.118. The van der Waals surface area contributed by atoms with E-state index in [4.69, 9.17) is 4.74 Å². The van der Waals surface area contributed by atoms with Gasteiger partial charge in [0.25, 0.3) is 0 Å². The van der Waals surface area contributed by atoms with Gasteiger partial charge in [-0.2, -0.15) is 0 Å². The van der Waals surface area contributed by atoms with Crippen LogP contribution in [0.3, 0.4) is 0 Å². The predicted molar refractivity (Wildman–Crippen MR) is 81.0 cm³/mol. The number of allylic oxidation sites excluding steroid dienone is 1. The average molecular weight is 267 g/mol. The van der Waals surface area contributed by atoms with E-state index in [1.165, 1.54) is 0 Å². The second-order valence-electron chi connectivity index (χ2n) is 4.32. The predicted octanol–water partition coefficient (Wildman–Crippen LogP) is 4.38. The first-order valence-corrected chi connectivity index (χ1v) is 6.51.